The Labute approximate surface area is 93.0 Å². The summed E-state index contributed by atoms with van der Waals surface area (Å²) in [5.74, 6) is -0.116. The predicted molar refractivity (Wildman–Crippen MR) is 63.6 cm³/mol. The maximum Gasteiger partial charge on any atom is 0.311 e. The molecule has 0 spiro atoms. The third kappa shape index (κ3) is 6.10. The van der Waals surface area contributed by atoms with Gasteiger partial charge in [0.25, 0.3) is 0 Å². The fraction of sp³-hybridized carbons (Fsp3) is 0.615. The summed E-state index contributed by atoms with van der Waals surface area (Å²) in [6, 6.07) is 0. The van der Waals surface area contributed by atoms with Gasteiger partial charge in [0.1, 0.15) is 6.61 Å². The lowest BCUT2D eigenvalue weighted by atomic mass is 9.88. The molecule has 0 fully saturated rings. The largest absolute Gasteiger partial charge is 0.461 e. The van der Waals surface area contributed by atoms with Crippen molar-refractivity contribution in [2.75, 3.05) is 6.61 Å². The zero-order chi connectivity index (χ0) is 11.7. The fourth-order valence-electron chi connectivity index (χ4n) is 1.29. The van der Waals surface area contributed by atoms with Crippen molar-refractivity contribution in [2.45, 2.75) is 40.5 Å². The second-order valence-corrected chi connectivity index (χ2v) is 4.19. The molecule has 0 saturated carbocycles. The number of ether oxygens (including phenoxy) is 1. The van der Waals surface area contributed by atoms with Gasteiger partial charge in [0.2, 0.25) is 0 Å². The smallest absolute Gasteiger partial charge is 0.311 e. The lowest BCUT2D eigenvalue weighted by molar-refractivity contribution is -0.153. The molecular weight excluding hydrogens is 188 g/mol. The van der Waals surface area contributed by atoms with Gasteiger partial charge in [-0.3, -0.25) is 4.79 Å². The van der Waals surface area contributed by atoms with E-state index in [1.165, 1.54) is 0 Å². The first-order valence-electron chi connectivity index (χ1n) is 5.49. The Morgan fingerprint density at radius 2 is 2.00 bits per heavy atom. The number of carbonyl (C=O) groups excluding carboxylic acids is 1. The molecule has 0 saturated heterocycles. The molecule has 86 valence electrons. The van der Waals surface area contributed by atoms with E-state index >= 15 is 0 Å². The monoisotopic (exact) mass is 210 g/mol. The first-order chi connectivity index (χ1) is 7.04. The van der Waals surface area contributed by atoms with Crippen molar-refractivity contribution in [3.8, 4) is 0 Å². The van der Waals surface area contributed by atoms with Gasteiger partial charge in [0, 0.05) is 0 Å². The molecule has 0 unspecified atom stereocenters. The van der Waals surface area contributed by atoms with Crippen molar-refractivity contribution >= 4 is 5.97 Å². The third-order valence-corrected chi connectivity index (χ3v) is 2.18. The average molecular weight is 210 g/mol. The molecule has 0 aliphatic heterocycles. The van der Waals surface area contributed by atoms with Crippen LogP contribution in [0.25, 0.3) is 0 Å². The minimum absolute atomic E-state index is 0.116. The molecule has 0 radical (unpaired) electrons. The molecular formula is C13H22O2. The van der Waals surface area contributed by atoms with Crippen LogP contribution in [0.15, 0.2) is 24.3 Å². The van der Waals surface area contributed by atoms with Crippen molar-refractivity contribution in [1.29, 1.82) is 0 Å². The van der Waals surface area contributed by atoms with Crippen LogP contribution in [0.3, 0.4) is 0 Å². The molecule has 0 bridgehead atoms. The van der Waals surface area contributed by atoms with Crippen molar-refractivity contribution in [3.63, 3.8) is 0 Å². The molecule has 0 aliphatic carbocycles. The summed E-state index contributed by atoms with van der Waals surface area (Å²) >= 11 is 0. The lowest BCUT2D eigenvalue weighted by Gasteiger charge is -2.20. The van der Waals surface area contributed by atoms with E-state index in [4.69, 9.17) is 4.74 Å². The Kier molecular flexibility index (Phi) is 6.76. The number of hydrogen-bond acceptors (Lipinski definition) is 2. The molecule has 15 heavy (non-hydrogen) atoms. The number of carbonyl (C=O) groups is 1. The quantitative estimate of drug-likeness (QED) is 0.495. The van der Waals surface area contributed by atoms with Gasteiger partial charge < -0.3 is 4.74 Å². The van der Waals surface area contributed by atoms with Crippen molar-refractivity contribution in [2.24, 2.45) is 5.41 Å². The Balaban J connectivity index is 3.92. The van der Waals surface area contributed by atoms with E-state index in [1.807, 2.05) is 45.1 Å². The summed E-state index contributed by atoms with van der Waals surface area (Å²) in [5, 5.41) is 0. The van der Waals surface area contributed by atoms with Gasteiger partial charge in [-0.05, 0) is 33.3 Å². The normalized spacial score (nSPS) is 12.5. The van der Waals surface area contributed by atoms with E-state index in [0.717, 1.165) is 12.8 Å². The molecule has 0 rings (SSSR count). The summed E-state index contributed by atoms with van der Waals surface area (Å²) in [6.07, 6.45) is 9.41. The Bertz CT molecular complexity index is 237. The highest BCUT2D eigenvalue weighted by Crippen LogP contribution is 2.23. The standard InChI is InChI=1S/C13H22O2/c1-5-7-8-9-11-15-12(14)13(3,4)10-6-2/h5,7-9H,6,10-11H2,1-4H3/b7-5+,9-8+. The molecule has 0 N–H and O–H groups in total. The van der Waals surface area contributed by atoms with E-state index in [2.05, 4.69) is 6.92 Å². The number of hydrogen-bond donors (Lipinski definition) is 0. The van der Waals surface area contributed by atoms with Crippen LogP contribution in [0, 0.1) is 5.41 Å². The average Bonchev–Trinajstić information content (AvgIpc) is 2.17. The molecule has 0 atom stereocenters. The zero-order valence-electron chi connectivity index (χ0n) is 10.2. The van der Waals surface area contributed by atoms with Gasteiger partial charge in [-0.2, -0.15) is 0 Å². The van der Waals surface area contributed by atoms with Crippen LogP contribution in [-0.2, 0) is 9.53 Å². The van der Waals surface area contributed by atoms with Crippen LogP contribution in [0.4, 0.5) is 0 Å². The van der Waals surface area contributed by atoms with Crippen LogP contribution < -0.4 is 0 Å². The highest BCUT2D eigenvalue weighted by molar-refractivity contribution is 5.75. The van der Waals surface area contributed by atoms with Crippen LogP contribution in [0.5, 0.6) is 0 Å². The summed E-state index contributed by atoms with van der Waals surface area (Å²) in [7, 11) is 0. The van der Waals surface area contributed by atoms with Gasteiger partial charge >= 0.3 is 5.97 Å². The molecule has 0 amide bonds. The summed E-state index contributed by atoms with van der Waals surface area (Å²) < 4.78 is 5.15. The predicted octanol–water partition coefficient (Wildman–Crippen LogP) is 3.49. The van der Waals surface area contributed by atoms with Gasteiger partial charge in [-0.25, -0.2) is 0 Å². The van der Waals surface area contributed by atoms with E-state index in [-0.39, 0.29) is 11.4 Å². The molecule has 0 aliphatic rings. The minimum atomic E-state index is -0.358. The molecule has 0 aromatic carbocycles. The Morgan fingerprint density at radius 1 is 1.33 bits per heavy atom. The fourth-order valence-corrected chi connectivity index (χ4v) is 1.29. The van der Waals surface area contributed by atoms with Crippen LogP contribution in [-0.4, -0.2) is 12.6 Å². The topological polar surface area (TPSA) is 26.3 Å². The van der Waals surface area contributed by atoms with Crippen LogP contribution in [0.1, 0.15) is 40.5 Å². The summed E-state index contributed by atoms with van der Waals surface area (Å²) in [5.41, 5.74) is -0.358. The second kappa shape index (κ2) is 7.27. The molecule has 2 heteroatoms. The maximum atomic E-state index is 11.6. The SMILES string of the molecule is C/C=C/C=C/COC(=O)C(C)(C)CCC. The lowest BCUT2D eigenvalue weighted by Crippen LogP contribution is -2.26. The van der Waals surface area contributed by atoms with Gasteiger partial charge in [-0.1, -0.05) is 31.6 Å². The first-order valence-corrected chi connectivity index (χ1v) is 5.49. The van der Waals surface area contributed by atoms with E-state index in [9.17, 15) is 4.79 Å². The number of esters is 1. The molecule has 0 aromatic rings. The van der Waals surface area contributed by atoms with Crippen LogP contribution in [0.2, 0.25) is 0 Å². The summed E-state index contributed by atoms with van der Waals surface area (Å²) in [6.45, 7) is 8.22. The molecule has 2 nitrogen and oxygen atoms in total. The van der Waals surface area contributed by atoms with Crippen molar-refractivity contribution < 1.29 is 9.53 Å². The van der Waals surface area contributed by atoms with E-state index in [0.29, 0.717) is 6.61 Å². The van der Waals surface area contributed by atoms with Crippen molar-refractivity contribution in [3.05, 3.63) is 24.3 Å². The van der Waals surface area contributed by atoms with E-state index < -0.39 is 0 Å². The molecule has 0 aromatic heterocycles. The summed E-state index contributed by atoms with van der Waals surface area (Å²) in [4.78, 5) is 11.6. The Hall–Kier alpha value is -1.05. The minimum Gasteiger partial charge on any atom is -0.461 e. The second-order valence-electron chi connectivity index (χ2n) is 4.19. The first kappa shape index (κ1) is 13.9. The number of allylic oxidation sites excluding steroid dienone is 3. The highest BCUT2D eigenvalue weighted by Gasteiger charge is 2.27. The molecule has 0 heterocycles. The van der Waals surface area contributed by atoms with Gasteiger partial charge in [-0.15, -0.1) is 0 Å². The van der Waals surface area contributed by atoms with E-state index in [1.54, 1.807) is 0 Å². The van der Waals surface area contributed by atoms with Crippen LogP contribution >= 0.6 is 0 Å². The van der Waals surface area contributed by atoms with Crippen molar-refractivity contribution in [1.82, 2.24) is 0 Å². The third-order valence-electron chi connectivity index (χ3n) is 2.18. The van der Waals surface area contributed by atoms with Gasteiger partial charge in [0.15, 0.2) is 0 Å². The Morgan fingerprint density at radius 3 is 2.53 bits per heavy atom. The number of rotatable bonds is 6. The van der Waals surface area contributed by atoms with Gasteiger partial charge in [0.05, 0.1) is 5.41 Å². The maximum absolute atomic E-state index is 11.6. The highest BCUT2D eigenvalue weighted by atomic mass is 16.5. The zero-order valence-corrected chi connectivity index (χ0v) is 10.2.